The van der Waals surface area contributed by atoms with Crippen molar-refractivity contribution >= 4 is 54.3 Å². The second-order valence-corrected chi connectivity index (χ2v) is 12.3. The highest BCUT2D eigenvalue weighted by Crippen LogP contribution is 2.39. The monoisotopic (exact) mass is 626 g/mol. The molecular formula is C44H26N4O. The summed E-state index contributed by atoms with van der Waals surface area (Å²) in [5.74, 6) is 1.68. The van der Waals surface area contributed by atoms with Crippen LogP contribution in [-0.2, 0) is 0 Å². The van der Waals surface area contributed by atoms with Crippen LogP contribution < -0.4 is 0 Å². The SMILES string of the molecule is c1ccc(-c2nc(-c3ccccc3)nc(-c3nccc4oc5cc(-c6ccc7ccc8ccc9ccccc9c8c7c6)ccc5c34)n2)cc1. The lowest BCUT2D eigenvalue weighted by molar-refractivity contribution is 0.668. The van der Waals surface area contributed by atoms with Gasteiger partial charge in [-0.15, -0.1) is 0 Å². The molecule has 0 radical (unpaired) electrons. The molecule has 5 heteroatoms. The van der Waals surface area contributed by atoms with Gasteiger partial charge in [0, 0.05) is 22.7 Å². The number of hydrogen-bond donors (Lipinski definition) is 0. The Morgan fingerprint density at radius 3 is 1.71 bits per heavy atom. The molecule has 0 aliphatic rings. The molecule has 0 fully saturated rings. The number of aromatic nitrogens is 4. The summed E-state index contributed by atoms with van der Waals surface area (Å²) in [5.41, 5.74) is 6.21. The molecule has 10 rings (SSSR count). The third kappa shape index (κ3) is 4.55. The van der Waals surface area contributed by atoms with Gasteiger partial charge in [0.05, 0.1) is 5.39 Å². The normalized spacial score (nSPS) is 11.7. The van der Waals surface area contributed by atoms with Crippen molar-refractivity contribution in [2.45, 2.75) is 0 Å². The van der Waals surface area contributed by atoms with Crippen molar-refractivity contribution in [1.82, 2.24) is 19.9 Å². The van der Waals surface area contributed by atoms with Crippen molar-refractivity contribution in [1.29, 1.82) is 0 Å². The maximum atomic E-state index is 6.51. The number of benzene rings is 7. The maximum Gasteiger partial charge on any atom is 0.183 e. The van der Waals surface area contributed by atoms with Gasteiger partial charge in [-0.05, 0) is 67.7 Å². The first kappa shape index (κ1) is 27.4. The molecule has 7 aromatic carbocycles. The number of furan rings is 1. The van der Waals surface area contributed by atoms with Crippen LogP contribution in [0.15, 0.2) is 162 Å². The molecule has 0 saturated carbocycles. The predicted molar refractivity (Wildman–Crippen MR) is 199 cm³/mol. The number of fused-ring (bicyclic) bond motifs is 8. The van der Waals surface area contributed by atoms with Gasteiger partial charge in [0.2, 0.25) is 0 Å². The van der Waals surface area contributed by atoms with E-state index in [-0.39, 0.29) is 0 Å². The average Bonchev–Trinajstić information content (AvgIpc) is 3.56. The second kappa shape index (κ2) is 10.9. The lowest BCUT2D eigenvalue weighted by Gasteiger charge is -2.10. The van der Waals surface area contributed by atoms with Crippen LogP contribution in [0.1, 0.15) is 0 Å². The minimum atomic E-state index is 0.499. The molecule has 5 nitrogen and oxygen atoms in total. The lowest BCUT2D eigenvalue weighted by atomic mass is 9.94. The van der Waals surface area contributed by atoms with E-state index in [1.54, 1.807) is 6.20 Å². The van der Waals surface area contributed by atoms with Crippen LogP contribution in [-0.4, -0.2) is 19.9 Å². The Hall–Kier alpha value is -6.72. The molecule has 0 spiro atoms. The Morgan fingerprint density at radius 1 is 0.367 bits per heavy atom. The zero-order valence-corrected chi connectivity index (χ0v) is 26.2. The lowest BCUT2D eigenvalue weighted by Crippen LogP contribution is -2.01. The van der Waals surface area contributed by atoms with Crippen molar-refractivity contribution < 1.29 is 4.42 Å². The van der Waals surface area contributed by atoms with Gasteiger partial charge in [0.15, 0.2) is 17.5 Å². The zero-order chi connectivity index (χ0) is 32.3. The molecule has 3 aromatic heterocycles. The van der Waals surface area contributed by atoms with E-state index in [1.165, 1.54) is 32.3 Å². The molecule has 0 bridgehead atoms. The maximum absolute atomic E-state index is 6.51. The van der Waals surface area contributed by atoms with E-state index in [9.17, 15) is 0 Å². The number of nitrogens with zero attached hydrogens (tertiary/aromatic N) is 4. The fraction of sp³-hybridized carbons (Fsp3) is 0. The number of rotatable bonds is 4. The minimum absolute atomic E-state index is 0.499. The smallest absolute Gasteiger partial charge is 0.183 e. The summed E-state index contributed by atoms with van der Waals surface area (Å²) in [6, 6.07) is 52.4. The Bertz CT molecular complexity index is 2820. The Labute approximate surface area is 281 Å². The van der Waals surface area contributed by atoms with Gasteiger partial charge in [-0.1, -0.05) is 127 Å². The van der Waals surface area contributed by atoms with Gasteiger partial charge in [-0.2, -0.15) is 0 Å². The zero-order valence-electron chi connectivity index (χ0n) is 26.2. The summed E-state index contributed by atoms with van der Waals surface area (Å²) in [5, 5.41) is 9.31. The fourth-order valence-electron chi connectivity index (χ4n) is 6.99. The summed E-state index contributed by atoms with van der Waals surface area (Å²) in [7, 11) is 0. The van der Waals surface area contributed by atoms with Crippen LogP contribution in [0.5, 0.6) is 0 Å². The highest BCUT2D eigenvalue weighted by Gasteiger charge is 2.19. The van der Waals surface area contributed by atoms with E-state index in [0.717, 1.165) is 44.2 Å². The quantitative estimate of drug-likeness (QED) is 0.182. The molecule has 228 valence electrons. The summed E-state index contributed by atoms with van der Waals surface area (Å²) in [4.78, 5) is 19.6. The first-order chi connectivity index (χ1) is 24.3. The molecule has 0 N–H and O–H groups in total. The Kier molecular flexibility index (Phi) is 6.11. The molecule has 0 saturated heterocycles. The van der Waals surface area contributed by atoms with E-state index in [4.69, 9.17) is 24.4 Å². The van der Waals surface area contributed by atoms with E-state index in [0.29, 0.717) is 23.2 Å². The second-order valence-electron chi connectivity index (χ2n) is 12.3. The molecule has 0 aliphatic heterocycles. The van der Waals surface area contributed by atoms with Crippen LogP contribution >= 0.6 is 0 Å². The number of hydrogen-bond acceptors (Lipinski definition) is 5. The molecule has 49 heavy (non-hydrogen) atoms. The van der Waals surface area contributed by atoms with E-state index in [1.807, 2.05) is 66.7 Å². The van der Waals surface area contributed by atoms with Crippen LogP contribution in [0, 0.1) is 0 Å². The topological polar surface area (TPSA) is 64.7 Å². The highest BCUT2D eigenvalue weighted by atomic mass is 16.3. The molecule has 0 aliphatic carbocycles. The van der Waals surface area contributed by atoms with Gasteiger partial charge in [0.25, 0.3) is 0 Å². The molecule has 0 amide bonds. The van der Waals surface area contributed by atoms with Crippen LogP contribution in [0.2, 0.25) is 0 Å². The van der Waals surface area contributed by atoms with Gasteiger partial charge in [-0.25, -0.2) is 15.0 Å². The highest BCUT2D eigenvalue weighted by molar-refractivity contribution is 6.21. The summed E-state index contributed by atoms with van der Waals surface area (Å²) >= 11 is 0. The van der Waals surface area contributed by atoms with Crippen molar-refractivity contribution in [3.63, 3.8) is 0 Å². The molecule has 0 unspecified atom stereocenters. The third-order valence-electron chi connectivity index (χ3n) is 9.35. The Morgan fingerprint density at radius 2 is 0.959 bits per heavy atom. The van der Waals surface area contributed by atoms with Crippen LogP contribution in [0.25, 0.3) is 99.7 Å². The summed E-state index contributed by atoms with van der Waals surface area (Å²) < 4.78 is 6.51. The van der Waals surface area contributed by atoms with Gasteiger partial charge in [-0.3, -0.25) is 4.98 Å². The average molecular weight is 627 g/mol. The van der Waals surface area contributed by atoms with Crippen molar-refractivity contribution in [2.24, 2.45) is 0 Å². The molecule has 3 heterocycles. The predicted octanol–water partition coefficient (Wildman–Crippen LogP) is 11.3. The number of pyridine rings is 1. The van der Waals surface area contributed by atoms with E-state index < -0.39 is 0 Å². The van der Waals surface area contributed by atoms with Crippen molar-refractivity contribution in [2.75, 3.05) is 0 Å². The van der Waals surface area contributed by atoms with Gasteiger partial charge < -0.3 is 4.42 Å². The minimum Gasteiger partial charge on any atom is -0.456 e. The van der Waals surface area contributed by atoms with Gasteiger partial charge >= 0.3 is 0 Å². The summed E-state index contributed by atoms with van der Waals surface area (Å²) in [6.07, 6.45) is 1.76. The molecule has 0 atom stereocenters. The van der Waals surface area contributed by atoms with Crippen molar-refractivity contribution in [3.05, 3.63) is 158 Å². The van der Waals surface area contributed by atoms with E-state index >= 15 is 0 Å². The summed E-state index contributed by atoms with van der Waals surface area (Å²) in [6.45, 7) is 0. The first-order valence-corrected chi connectivity index (χ1v) is 16.3. The van der Waals surface area contributed by atoms with Crippen molar-refractivity contribution in [3.8, 4) is 45.4 Å². The molecular weight excluding hydrogens is 601 g/mol. The first-order valence-electron chi connectivity index (χ1n) is 16.3. The fourth-order valence-corrected chi connectivity index (χ4v) is 6.99. The van der Waals surface area contributed by atoms with Crippen LogP contribution in [0.4, 0.5) is 0 Å². The largest absolute Gasteiger partial charge is 0.456 e. The third-order valence-corrected chi connectivity index (χ3v) is 9.35. The van der Waals surface area contributed by atoms with Gasteiger partial charge in [0.1, 0.15) is 16.9 Å². The molecule has 10 aromatic rings. The van der Waals surface area contributed by atoms with Crippen LogP contribution in [0.3, 0.4) is 0 Å². The standard InChI is InChI=1S/C44H26N4O/c1-3-10-30(11-4-1)42-46-43(31-12-5-2-6-13-31)48-44(47-42)41-40-35-22-21-33(26-38(35)49-37(40)23-24-45-41)32-20-17-28-16-19-29-18-15-27-9-7-8-14-34(27)39(29)36(28)25-32/h1-26H. The van der Waals surface area contributed by atoms with E-state index in [2.05, 4.69) is 84.9 Å². The Balaban J connectivity index is 1.14.